The molecule has 122 valence electrons. The summed E-state index contributed by atoms with van der Waals surface area (Å²) in [5, 5.41) is 13.3. The molecule has 0 aliphatic rings. The molecule has 8 nitrogen and oxygen atoms in total. The fourth-order valence-corrected chi connectivity index (χ4v) is 3.62. The summed E-state index contributed by atoms with van der Waals surface area (Å²) in [4.78, 5) is 21.9. The molecule has 1 N–H and O–H groups in total. The Morgan fingerprint density at radius 3 is 2.18 bits per heavy atom. The average Bonchev–Trinajstić information content (AvgIpc) is 2.55. The van der Waals surface area contributed by atoms with E-state index in [-0.39, 0.29) is 11.6 Å². The van der Waals surface area contributed by atoms with Crippen LogP contribution >= 0.6 is 0 Å². The minimum Gasteiger partial charge on any atom is -0.377 e. The van der Waals surface area contributed by atoms with E-state index in [1.807, 2.05) is 0 Å². The Morgan fingerprint density at radius 2 is 1.73 bits per heavy atom. The van der Waals surface area contributed by atoms with E-state index in [0.717, 1.165) is 0 Å². The summed E-state index contributed by atoms with van der Waals surface area (Å²) in [6, 6.07) is 6.02. The highest BCUT2D eigenvalue weighted by Crippen LogP contribution is 2.15. The first-order valence-electron chi connectivity index (χ1n) is 6.66. The summed E-state index contributed by atoms with van der Waals surface area (Å²) in [5.74, 6) is -0.283. The lowest BCUT2D eigenvalue weighted by molar-refractivity contribution is -0.384. The van der Waals surface area contributed by atoms with Gasteiger partial charge in [0, 0.05) is 51.6 Å². The number of rotatable bonds is 9. The zero-order valence-electron chi connectivity index (χ0n) is 12.8. The largest absolute Gasteiger partial charge is 0.500 e. The molecule has 1 aromatic rings. The van der Waals surface area contributed by atoms with Crippen LogP contribution in [-0.2, 0) is 13.3 Å². The molecule has 0 unspecified atom stereocenters. The Kier molecular flexibility index (Phi) is 7.12. The van der Waals surface area contributed by atoms with Crippen LogP contribution in [0.5, 0.6) is 0 Å². The van der Waals surface area contributed by atoms with Crippen molar-refractivity contribution in [3.8, 4) is 0 Å². The highest BCUT2D eigenvalue weighted by Gasteiger charge is 2.36. The number of hydrogen-bond acceptors (Lipinski definition) is 6. The number of amides is 1. The third-order valence-electron chi connectivity index (χ3n) is 3.22. The van der Waals surface area contributed by atoms with Crippen LogP contribution in [0.4, 0.5) is 5.69 Å². The molecular formula is C13H20N2O6Si. The maximum atomic E-state index is 11.9. The zero-order chi connectivity index (χ0) is 16.6. The Hall–Kier alpha value is -1.81. The van der Waals surface area contributed by atoms with Crippen molar-refractivity contribution >= 4 is 20.4 Å². The molecule has 0 saturated heterocycles. The maximum absolute atomic E-state index is 11.9. The molecule has 0 atom stereocenters. The summed E-state index contributed by atoms with van der Waals surface area (Å²) in [7, 11) is 1.99. The third kappa shape index (κ3) is 4.88. The first kappa shape index (κ1) is 18.2. The number of carbonyl (C=O) groups is 1. The normalized spacial score (nSPS) is 11.2. The van der Waals surface area contributed by atoms with Crippen LogP contribution in [-0.4, -0.2) is 47.5 Å². The van der Waals surface area contributed by atoms with Crippen molar-refractivity contribution in [1.29, 1.82) is 0 Å². The summed E-state index contributed by atoms with van der Waals surface area (Å²) in [6.45, 7) is 0.431. The summed E-state index contributed by atoms with van der Waals surface area (Å²) in [6.07, 6.45) is 0.639. The van der Waals surface area contributed by atoms with Gasteiger partial charge in [0.05, 0.1) is 4.92 Å². The molecule has 0 spiro atoms. The first-order chi connectivity index (χ1) is 10.5. The minimum absolute atomic E-state index is 0.0485. The lowest BCUT2D eigenvalue weighted by Crippen LogP contribution is -2.43. The van der Waals surface area contributed by atoms with Gasteiger partial charge in [0.15, 0.2) is 0 Å². The number of hydrogen-bond donors (Lipinski definition) is 1. The fourth-order valence-electron chi connectivity index (χ4n) is 1.90. The maximum Gasteiger partial charge on any atom is 0.500 e. The topological polar surface area (TPSA) is 99.9 Å². The van der Waals surface area contributed by atoms with Crippen molar-refractivity contribution in [2.45, 2.75) is 12.5 Å². The standard InChI is InChI=1S/C13H20N2O6Si/c1-19-22(20-2,21-3)10-4-9-14-13(16)11-5-7-12(8-6-11)15(17)18/h5-8H,4,9-10H2,1-3H3,(H,14,16). The monoisotopic (exact) mass is 328 g/mol. The van der Waals surface area contributed by atoms with Crippen molar-refractivity contribution in [3.63, 3.8) is 0 Å². The molecule has 1 aromatic carbocycles. The highest BCUT2D eigenvalue weighted by molar-refractivity contribution is 6.60. The van der Waals surface area contributed by atoms with Crippen molar-refractivity contribution in [1.82, 2.24) is 5.32 Å². The van der Waals surface area contributed by atoms with E-state index < -0.39 is 13.7 Å². The Labute approximate surface area is 129 Å². The van der Waals surface area contributed by atoms with E-state index >= 15 is 0 Å². The first-order valence-corrected chi connectivity index (χ1v) is 8.59. The second kappa shape index (κ2) is 8.59. The highest BCUT2D eigenvalue weighted by atomic mass is 28.4. The van der Waals surface area contributed by atoms with E-state index in [0.29, 0.717) is 24.6 Å². The van der Waals surface area contributed by atoms with Gasteiger partial charge in [-0.2, -0.15) is 0 Å². The van der Waals surface area contributed by atoms with E-state index in [2.05, 4.69) is 5.32 Å². The molecule has 0 aliphatic heterocycles. The summed E-state index contributed by atoms with van der Waals surface area (Å²) >= 11 is 0. The smallest absolute Gasteiger partial charge is 0.377 e. The van der Waals surface area contributed by atoms with Gasteiger partial charge in [0.2, 0.25) is 0 Å². The van der Waals surface area contributed by atoms with Gasteiger partial charge < -0.3 is 18.6 Å². The molecular weight excluding hydrogens is 308 g/mol. The second-order valence-electron chi connectivity index (χ2n) is 4.46. The van der Waals surface area contributed by atoms with Gasteiger partial charge in [-0.1, -0.05) is 0 Å². The number of nitrogens with one attached hydrogen (secondary N) is 1. The molecule has 1 amide bonds. The van der Waals surface area contributed by atoms with Gasteiger partial charge in [-0.3, -0.25) is 14.9 Å². The predicted octanol–water partition coefficient (Wildman–Crippen LogP) is 1.59. The molecule has 0 aromatic heterocycles. The average molecular weight is 328 g/mol. The SMILES string of the molecule is CO[Si](CCCNC(=O)c1ccc([N+](=O)[O-])cc1)(OC)OC. The van der Waals surface area contributed by atoms with Crippen LogP contribution in [0.2, 0.25) is 6.04 Å². The van der Waals surface area contributed by atoms with Crippen molar-refractivity contribution < 1.29 is 23.0 Å². The molecule has 0 saturated carbocycles. The van der Waals surface area contributed by atoms with Crippen molar-refractivity contribution in [2.75, 3.05) is 27.9 Å². The van der Waals surface area contributed by atoms with Crippen LogP contribution in [0.15, 0.2) is 24.3 Å². The number of nitro benzene ring substituents is 1. The molecule has 0 heterocycles. The number of non-ortho nitro benzene ring substituents is 1. The van der Waals surface area contributed by atoms with E-state index in [4.69, 9.17) is 13.3 Å². The quantitative estimate of drug-likeness (QED) is 0.320. The number of nitro groups is 1. The molecule has 0 aliphatic carbocycles. The van der Waals surface area contributed by atoms with Crippen molar-refractivity contribution in [2.24, 2.45) is 0 Å². The van der Waals surface area contributed by atoms with Crippen molar-refractivity contribution in [3.05, 3.63) is 39.9 Å². The van der Waals surface area contributed by atoms with Gasteiger partial charge in [-0.25, -0.2) is 0 Å². The van der Waals surface area contributed by atoms with Crippen LogP contribution in [0.1, 0.15) is 16.8 Å². The Bertz CT molecular complexity index is 495. The molecule has 0 bridgehead atoms. The van der Waals surface area contributed by atoms with Gasteiger partial charge in [0.25, 0.3) is 11.6 Å². The lowest BCUT2D eigenvalue weighted by atomic mass is 10.2. The molecule has 22 heavy (non-hydrogen) atoms. The summed E-state index contributed by atoms with van der Waals surface area (Å²) < 4.78 is 15.8. The Balaban J connectivity index is 2.45. The van der Waals surface area contributed by atoms with Gasteiger partial charge in [0.1, 0.15) is 0 Å². The lowest BCUT2D eigenvalue weighted by Gasteiger charge is -2.24. The minimum atomic E-state index is -2.62. The van der Waals surface area contributed by atoms with Gasteiger partial charge >= 0.3 is 8.80 Å². The van der Waals surface area contributed by atoms with E-state index in [1.165, 1.54) is 45.6 Å². The van der Waals surface area contributed by atoms with Crippen LogP contribution < -0.4 is 5.32 Å². The molecule has 9 heteroatoms. The zero-order valence-corrected chi connectivity index (χ0v) is 13.8. The van der Waals surface area contributed by atoms with Crippen LogP contribution in [0.3, 0.4) is 0 Å². The fraction of sp³-hybridized carbons (Fsp3) is 0.462. The molecule has 1 rings (SSSR count). The summed E-state index contributed by atoms with van der Waals surface area (Å²) in [5.41, 5.74) is 0.326. The third-order valence-corrected chi connectivity index (χ3v) is 6.05. The van der Waals surface area contributed by atoms with E-state index in [9.17, 15) is 14.9 Å². The number of benzene rings is 1. The van der Waals surface area contributed by atoms with Gasteiger partial charge in [-0.05, 0) is 18.6 Å². The second-order valence-corrected chi connectivity index (χ2v) is 7.55. The van der Waals surface area contributed by atoms with E-state index in [1.54, 1.807) is 0 Å². The Morgan fingerprint density at radius 1 is 1.18 bits per heavy atom. The molecule has 0 radical (unpaired) electrons. The van der Waals surface area contributed by atoms with Gasteiger partial charge in [-0.15, -0.1) is 0 Å². The molecule has 0 fully saturated rings. The predicted molar refractivity (Wildman–Crippen MR) is 81.6 cm³/mol. The number of carbonyl (C=O) groups excluding carboxylic acids is 1. The number of nitrogens with zero attached hydrogens (tertiary/aromatic N) is 1. The van der Waals surface area contributed by atoms with Crippen LogP contribution in [0.25, 0.3) is 0 Å². The van der Waals surface area contributed by atoms with Crippen LogP contribution in [0, 0.1) is 10.1 Å².